The molecule has 0 saturated carbocycles. The van der Waals surface area contributed by atoms with Gasteiger partial charge in [-0.25, -0.2) is 4.79 Å². The van der Waals surface area contributed by atoms with Gasteiger partial charge in [0.05, 0.1) is 13.2 Å². The van der Waals surface area contributed by atoms with Crippen molar-refractivity contribution in [2.24, 2.45) is 0 Å². The van der Waals surface area contributed by atoms with Crippen molar-refractivity contribution < 1.29 is 14.3 Å². The molecule has 0 fully saturated rings. The van der Waals surface area contributed by atoms with Crippen LogP contribution in [-0.2, 0) is 14.3 Å². The van der Waals surface area contributed by atoms with Gasteiger partial charge in [0.15, 0.2) is 0 Å². The fourth-order valence-corrected chi connectivity index (χ4v) is 2.03. The van der Waals surface area contributed by atoms with Crippen molar-refractivity contribution in [1.82, 2.24) is 0 Å². The normalized spacial score (nSPS) is 11.4. The average Bonchev–Trinajstić information content (AvgIpc) is 2.47. The molecule has 3 nitrogen and oxygen atoms in total. The first-order chi connectivity index (χ1) is 9.76. The van der Waals surface area contributed by atoms with E-state index in [0.29, 0.717) is 13.2 Å². The lowest BCUT2D eigenvalue weighted by Crippen LogP contribution is -2.10. The van der Waals surface area contributed by atoms with Crippen molar-refractivity contribution in [3.63, 3.8) is 0 Å². The molecule has 0 N–H and O–H groups in total. The number of rotatable bonds is 5. The van der Waals surface area contributed by atoms with Crippen LogP contribution in [0.15, 0.2) is 48.2 Å². The Balaban J connectivity index is 2.45. The maximum atomic E-state index is 11.9. The maximum absolute atomic E-state index is 11.9. The molecule has 2 aromatic carbocycles. The van der Waals surface area contributed by atoms with E-state index in [4.69, 9.17) is 9.47 Å². The zero-order valence-electron chi connectivity index (χ0n) is 11.8. The molecule has 104 valence electrons. The first-order valence-electron chi connectivity index (χ1n) is 6.75. The van der Waals surface area contributed by atoms with Gasteiger partial charge in [-0.1, -0.05) is 42.5 Å². The predicted octanol–water partition coefficient (Wildman–Crippen LogP) is 3.78. The van der Waals surface area contributed by atoms with E-state index in [1.807, 2.05) is 49.4 Å². The van der Waals surface area contributed by atoms with Crippen LogP contribution in [0.5, 0.6) is 0 Å². The summed E-state index contributed by atoms with van der Waals surface area (Å²) >= 11 is 0. The highest BCUT2D eigenvalue weighted by Crippen LogP contribution is 2.21. The third-order valence-corrected chi connectivity index (χ3v) is 2.89. The molecule has 0 saturated heterocycles. The Hall–Kier alpha value is -2.29. The molecule has 20 heavy (non-hydrogen) atoms. The van der Waals surface area contributed by atoms with Gasteiger partial charge in [0.1, 0.15) is 0 Å². The van der Waals surface area contributed by atoms with Gasteiger partial charge in [0, 0.05) is 0 Å². The number of benzene rings is 2. The summed E-state index contributed by atoms with van der Waals surface area (Å²) in [7, 11) is 0. The van der Waals surface area contributed by atoms with Crippen LogP contribution in [0.2, 0.25) is 0 Å². The molecule has 0 atom stereocenters. The lowest BCUT2D eigenvalue weighted by molar-refractivity contribution is -0.142. The molecule has 0 unspecified atom stereocenters. The first kappa shape index (κ1) is 14.1. The lowest BCUT2D eigenvalue weighted by Gasteiger charge is -2.09. The molecule has 0 amide bonds. The summed E-state index contributed by atoms with van der Waals surface area (Å²) in [4.78, 5) is 11.9. The van der Waals surface area contributed by atoms with Crippen molar-refractivity contribution in [2.45, 2.75) is 13.8 Å². The van der Waals surface area contributed by atoms with E-state index in [1.165, 1.54) is 0 Å². The van der Waals surface area contributed by atoms with Crippen LogP contribution in [0.1, 0.15) is 19.4 Å². The summed E-state index contributed by atoms with van der Waals surface area (Å²) in [6.07, 6.45) is 1.74. The van der Waals surface area contributed by atoms with Crippen LogP contribution in [0.25, 0.3) is 16.8 Å². The molecule has 0 bridgehead atoms. The molecular formula is C17H18O3. The molecule has 2 aromatic rings. The number of carbonyl (C=O) groups excluding carboxylic acids is 1. The summed E-state index contributed by atoms with van der Waals surface area (Å²) in [6.45, 7) is 4.38. The van der Waals surface area contributed by atoms with E-state index in [9.17, 15) is 4.79 Å². The molecule has 0 aliphatic heterocycles. The predicted molar refractivity (Wildman–Crippen MR) is 80.2 cm³/mol. The second-order valence-electron chi connectivity index (χ2n) is 4.23. The fraction of sp³-hybridized carbons (Fsp3) is 0.235. The van der Waals surface area contributed by atoms with Gasteiger partial charge in [-0.3, -0.25) is 0 Å². The van der Waals surface area contributed by atoms with Gasteiger partial charge in [-0.05, 0) is 36.3 Å². The number of carbonyl (C=O) groups is 1. The minimum atomic E-state index is -0.428. The SMILES string of the molecule is CCOC(=O)/C(=C/c1cccc2ccccc12)OCC. The zero-order valence-corrected chi connectivity index (χ0v) is 11.8. The Labute approximate surface area is 118 Å². The molecule has 0 aliphatic carbocycles. The van der Waals surface area contributed by atoms with Crippen LogP contribution >= 0.6 is 0 Å². The molecular weight excluding hydrogens is 252 g/mol. The monoisotopic (exact) mass is 270 g/mol. The molecule has 0 aliphatic rings. The van der Waals surface area contributed by atoms with Gasteiger partial charge >= 0.3 is 5.97 Å². The second kappa shape index (κ2) is 6.75. The van der Waals surface area contributed by atoms with Gasteiger partial charge in [0.2, 0.25) is 5.76 Å². The summed E-state index contributed by atoms with van der Waals surface area (Å²) in [5.74, 6) is -0.187. The molecule has 0 aromatic heterocycles. The van der Waals surface area contributed by atoms with Crippen LogP contribution < -0.4 is 0 Å². The average molecular weight is 270 g/mol. The van der Waals surface area contributed by atoms with Crippen LogP contribution in [0, 0.1) is 0 Å². The minimum absolute atomic E-state index is 0.241. The lowest BCUT2D eigenvalue weighted by atomic mass is 10.0. The zero-order chi connectivity index (χ0) is 14.4. The minimum Gasteiger partial charge on any atom is -0.487 e. The summed E-state index contributed by atoms with van der Waals surface area (Å²) in [5.41, 5.74) is 0.944. The van der Waals surface area contributed by atoms with Crippen LogP contribution in [0.3, 0.4) is 0 Å². The first-order valence-corrected chi connectivity index (χ1v) is 6.75. The molecule has 0 spiro atoms. The van der Waals surface area contributed by atoms with Crippen molar-refractivity contribution >= 4 is 22.8 Å². The quantitative estimate of drug-likeness (QED) is 0.471. The van der Waals surface area contributed by atoms with Crippen molar-refractivity contribution in [2.75, 3.05) is 13.2 Å². The third kappa shape index (κ3) is 3.18. The Bertz CT molecular complexity index is 624. The van der Waals surface area contributed by atoms with E-state index in [-0.39, 0.29) is 5.76 Å². The Morgan fingerprint density at radius 2 is 1.70 bits per heavy atom. The fourth-order valence-electron chi connectivity index (χ4n) is 2.03. The summed E-state index contributed by atoms with van der Waals surface area (Å²) in [6, 6.07) is 14.0. The maximum Gasteiger partial charge on any atom is 0.373 e. The summed E-state index contributed by atoms with van der Waals surface area (Å²) in [5, 5.41) is 2.21. The number of esters is 1. The highest BCUT2D eigenvalue weighted by Gasteiger charge is 2.12. The van der Waals surface area contributed by atoms with Crippen molar-refractivity contribution in [3.8, 4) is 0 Å². The third-order valence-electron chi connectivity index (χ3n) is 2.89. The van der Waals surface area contributed by atoms with E-state index in [1.54, 1.807) is 13.0 Å². The Kier molecular flexibility index (Phi) is 4.77. The smallest absolute Gasteiger partial charge is 0.373 e. The number of hydrogen-bond donors (Lipinski definition) is 0. The molecule has 3 heteroatoms. The Morgan fingerprint density at radius 1 is 1.00 bits per heavy atom. The summed E-state index contributed by atoms with van der Waals surface area (Å²) < 4.78 is 10.4. The van der Waals surface area contributed by atoms with Gasteiger partial charge in [0.25, 0.3) is 0 Å². The topological polar surface area (TPSA) is 35.5 Å². The Morgan fingerprint density at radius 3 is 2.45 bits per heavy atom. The van der Waals surface area contributed by atoms with E-state index in [2.05, 4.69) is 0 Å². The van der Waals surface area contributed by atoms with Gasteiger partial charge < -0.3 is 9.47 Å². The van der Waals surface area contributed by atoms with Crippen LogP contribution in [-0.4, -0.2) is 19.2 Å². The van der Waals surface area contributed by atoms with Crippen molar-refractivity contribution in [1.29, 1.82) is 0 Å². The molecule has 0 heterocycles. The van der Waals surface area contributed by atoms with E-state index >= 15 is 0 Å². The number of ether oxygens (including phenoxy) is 2. The number of hydrogen-bond acceptors (Lipinski definition) is 3. The van der Waals surface area contributed by atoms with E-state index in [0.717, 1.165) is 16.3 Å². The molecule has 0 radical (unpaired) electrons. The van der Waals surface area contributed by atoms with Crippen LogP contribution in [0.4, 0.5) is 0 Å². The van der Waals surface area contributed by atoms with E-state index < -0.39 is 5.97 Å². The molecule has 2 rings (SSSR count). The van der Waals surface area contributed by atoms with Gasteiger partial charge in [-0.15, -0.1) is 0 Å². The number of fused-ring (bicyclic) bond motifs is 1. The standard InChI is InChI=1S/C17H18O3/c1-3-19-16(17(18)20-4-2)12-14-10-7-9-13-8-5-6-11-15(13)14/h5-12H,3-4H2,1-2H3/b16-12-. The highest BCUT2D eigenvalue weighted by molar-refractivity contribution is 5.97. The van der Waals surface area contributed by atoms with Crippen molar-refractivity contribution in [3.05, 3.63) is 53.8 Å². The largest absolute Gasteiger partial charge is 0.487 e. The highest BCUT2D eigenvalue weighted by atomic mass is 16.6. The van der Waals surface area contributed by atoms with Gasteiger partial charge in [-0.2, -0.15) is 0 Å². The second-order valence-corrected chi connectivity index (χ2v) is 4.23.